The molecule has 0 N–H and O–H groups in total. The van der Waals surface area contributed by atoms with E-state index in [1.165, 1.54) is 50.1 Å². The Bertz CT molecular complexity index is 2240. The number of fused-ring (bicyclic) bond motifs is 6. The number of aromatic nitrogens is 3. The molecule has 0 aliphatic heterocycles. The highest BCUT2D eigenvalue weighted by Gasteiger charge is 2.39. The summed E-state index contributed by atoms with van der Waals surface area (Å²) in [6, 6.07) is 49.5. The van der Waals surface area contributed by atoms with Gasteiger partial charge >= 0.3 is 0 Å². The smallest absolute Gasteiger partial charge is 0.164 e. The van der Waals surface area contributed by atoms with E-state index in [9.17, 15) is 0 Å². The van der Waals surface area contributed by atoms with Crippen LogP contribution in [0, 0.1) is 0 Å². The third-order valence-electron chi connectivity index (χ3n) is 9.72. The Morgan fingerprint density at radius 3 is 1.67 bits per heavy atom. The minimum Gasteiger partial charge on any atom is -0.208 e. The average Bonchev–Trinajstić information content (AvgIpc) is 3.59. The van der Waals surface area contributed by atoms with Crippen molar-refractivity contribution in [3.63, 3.8) is 0 Å². The summed E-state index contributed by atoms with van der Waals surface area (Å²) < 4.78 is 0. The van der Waals surface area contributed by atoms with E-state index in [1.54, 1.807) is 0 Å². The number of hydrogen-bond acceptors (Lipinski definition) is 3. The van der Waals surface area contributed by atoms with Gasteiger partial charge in [0.25, 0.3) is 0 Å². The second kappa shape index (κ2) is 10.2. The van der Waals surface area contributed by atoms with Crippen LogP contribution in [0.4, 0.5) is 0 Å². The van der Waals surface area contributed by atoms with Crippen molar-refractivity contribution in [1.82, 2.24) is 15.0 Å². The summed E-state index contributed by atoms with van der Waals surface area (Å²) >= 11 is 0. The van der Waals surface area contributed by atoms with Crippen molar-refractivity contribution in [1.29, 1.82) is 0 Å². The number of benzene rings is 6. The van der Waals surface area contributed by atoms with Crippen LogP contribution >= 0.6 is 0 Å². The largest absolute Gasteiger partial charge is 0.208 e. The highest BCUT2D eigenvalue weighted by molar-refractivity contribution is 5.92. The van der Waals surface area contributed by atoms with Gasteiger partial charge in [0, 0.05) is 22.1 Å². The van der Waals surface area contributed by atoms with Crippen molar-refractivity contribution < 1.29 is 0 Å². The molecule has 3 nitrogen and oxygen atoms in total. The van der Waals surface area contributed by atoms with E-state index in [2.05, 4.69) is 92.7 Å². The summed E-state index contributed by atoms with van der Waals surface area (Å²) in [6.45, 7) is 4.75. The average molecular weight is 590 g/mol. The zero-order valence-electron chi connectivity index (χ0n) is 25.8. The van der Waals surface area contributed by atoms with Gasteiger partial charge in [0.1, 0.15) is 0 Å². The molecule has 9 rings (SSSR count). The van der Waals surface area contributed by atoms with Gasteiger partial charge in [0.2, 0.25) is 0 Å². The molecule has 0 spiro atoms. The van der Waals surface area contributed by atoms with Gasteiger partial charge in [0.05, 0.1) is 0 Å². The van der Waals surface area contributed by atoms with E-state index in [4.69, 9.17) is 15.0 Å². The predicted octanol–water partition coefficient (Wildman–Crippen LogP) is 10.4. The Labute approximate surface area is 269 Å². The van der Waals surface area contributed by atoms with Crippen molar-refractivity contribution in [2.24, 2.45) is 0 Å². The van der Waals surface area contributed by atoms with Crippen LogP contribution in [0.15, 0.2) is 140 Å². The van der Waals surface area contributed by atoms with Gasteiger partial charge in [-0.25, -0.2) is 15.0 Å². The molecule has 218 valence electrons. The number of hydrogen-bond donors (Lipinski definition) is 0. The molecule has 0 saturated heterocycles. The van der Waals surface area contributed by atoms with Crippen molar-refractivity contribution in [3.05, 3.63) is 162 Å². The molecule has 2 aliphatic rings. The number of nitrogens with zero attached hydrogens (tertiary/aromatic N) is 3. The van der Waals surface area contributed by atoms with Crippen LogP contribution in [0.2, 0.25) is 0 Å². The van der Waals surface area contributed by atoms with Gasteiger partial charge in [-0.05, 0) is 80.3 Å². The van der Waals surface area contributed by atoms with Gasteiger partial charge in [-0.2, -0.15) is 0 Å². The van der Waals surface area contributed by atoms with E-state index in [-0.39, 0.29) is 5.41 Å². The SMILES string of the molecule is CC1(C)c2cc3c(cc2-c2cccc(-c4cccc(-c5nc(-c6ccccc6)nc(-c6ccccc6)n5)c4)c21)Cc1ccccc1-3. The van der Waals surface area contributed by atoms with Crippen LogP contribution in [0.1, 0.15) is 36.1 Å². The molecule has 0 unspecified atom stereocenters. The standard InChI is InChI=1S/C43H31N3/c1-43(2)38-26-36-32(24-29-17-9-10-20-33(29)36)25-37(38)35-22-12-21-34(39(35)43)30-18-11-19-31(23-30)42-45-40(27-13-5-3-6-14-27)44-41(46-42)28-15-7-4-8-16-28/h3-23,25-26H,24H2,1-2H3. The Balaban J connectivity index is 1.17. The monoisotopic (exact) mass is 589 g/mol. The van der Waals surface area contributed by atoms with Crippen LogP contribution in [0.3, 0.4) is 0 Å². The zero-order chi connectivity index (χ0) is 30.8. The molecule has 0 fully saturated rings. The molecule has 1 aromatic heterocycles. The summed E-state index contributed by atoms with van der Waals surface area (Å²) in [5, 5.41) is 0. The summed E-state index contributed by atoms with van der Waals surface area (Å²) in [6.07, 6.45) is 0.998. The molecule has 1 heterocycles. The van der Waals surface area contributed by atoms with Gasteiger partial charge in [-0.15, -0.1) is 0 Å². The van der Waals surface area contributed by atoms with Crippen LogP contribution in [0.5, 0.6) is 0 Å². The van der Waals surface area contributed by atoms with E-state index in [0.29, 0.717) is 17.5 Å². The lowest BCUT2D eigenvalue weighted by molar-refractivity contribution is 0.662. The quantitative estimate of drug-likeness (QED) is 0.205. The Morgan fingerprint density at radius 2 is 0.957 bits per heavy atom. The van der Waals surface area contributed by atoms with Crippen molar-refractivity contribution >= 4 is 0 Å². The van der Waals surface area contributed by atoms with Gasteiger partial charge in [0.15, 0.2) is 17.5 Å². The Hall–Kier alpha value is -5.67. The maximum absolute atomic E-state index is 5.00. The summed E-state index contributed by atoms with van der Waals surface area (Å²) in [5.74, 6) is 2.00. The minimum atomic E-state index is -0.155. The lowest BCUT2D eigenvalue weighted by atomic mass is 9.78. The third-order valence-corrected chi connectivity index (χ3v) is 9.72. The van der Waals surface area contributed by atoms with Crippen LogP contribution < -0.4 is 0 Å². The van der Waals surface area contributed by atoms with Crippen molar-refractivity contribution in [2.75, 3.05) is 0 Å². The molecule has 0 radical (unpaired) electrons. The maximum atomic E-state index is 5.00. The molecule has 3 heteroatoms. The fourth-order valence-electron chi connectivity index (χ4n) is 7.51. The molecule has 0 amide bonds. The second-order valence-corrected chi connectivity index (χ2v) is 12.9. The molecule has 0 bridgehead atoms. The fourth-order valence-corrected chi connectivity index (χ4v) is 7.51. The summed E-state index contributed by atoms with van der Waals surface area (Å²) in [7, 11) is 0. The van der Waals surface area contributed by atoms with Crippen LogP contribution in [0.25, 0.3) is 67.5 Å². The summed E-state index contributed by atoms with van der Waals surface area (Å²) in [5.41, 5.74) is 16.3. The predicted molar refractivity (Wildman–Crippen MR) is 187 cm³/mol. The highest BCUT2D eigenvalue weighted by atomic mass is 15.0. The Kier molecular flexibility index (Phi) is 5.91. The molecule has 0 saturated carbocycles. The fraction of sp³-hybridized carbons (Fsp3) is 0.0930. The maximum Gasteiger partial charge on any atom is 0.164 e. The van der Waals surface area contributed by atoms with Gasteiger partial charge in [-0.3, -0.25) is 0 Å². The van der Waals surface area contributed by atoms with Crippen molar-refractivity contribution in [2.45, 2.75) is 25.7 Å². The summed E-state index contributed by atoms with van der Waals surface area (Å²) in [4.78, 5) is 14.9. The first kappa shape index (κ1) is 26.7. The first-order chi connectivity index (χ1) is 22.5. The van der Waals surface area contributed by atoms with Crippen LogP contribution in [-0.4, -0.2) is 15.0 Å². The molecule has 7 aromatic rings. The van der Waals surface area contributed by atoms with E-state index in [1.807, 2.05) is 60.7 Å². The topological polar surface area (TPSA) is 38.7 Å². The third kappa shape index (κ3) is 4.16. The molecular weight excluding hydrogens is 558 g/mol. The molecule has 46 heavy (non-hydrogen) atoms. The van der Waals surface area contributed by atoms with Gasteiger partial charge in [-0.1, -0.05) is 135 Å². The first-order valence-corrected chi connectivity index (χ1v) is 15.9. The van der Waals surface area contributed by atoms with Crippen molar-refractivity contribution in [3.8, 4) is 67.5 Å². The first-order valence-electron chi connectivity index (χ1n) is 15.9. The number of rotatable bonds is 4. The molecule has 2 aliphatic carbocycles. The van der Waals surface area contributed by atoms with E-state index >= 15 is 0 Å². The second-order valence-electron chi connectivity index (χ2n) is 12.9. The van der Waals surface area contributed by atoms with E-state index in [0.717, 1.165) is 28.7 Å². The zero-order valence-corrected chi connectivity index (χ0v) is 25.8. The normalized spacial score (nSPS) is 13.5. The lowest BCUT2D eigenvalue weighted by Crippen LogP contribution is -2.16. The highest BCUT2D eigenvalue weighted by Crippen LogP contribution is 2.54. The van der Waals surface area contributed by atoms with E-state index < -0.39 is 0 Å². The van der Waals surface area contributed by atoms with Crippen LogP contribution in [-0.2, 0) is 11.8 Å². The molecule has 6 aromatic carbocycles. The van der Waals surface area contributed by atoms with Gasteiger partial charge < -0.3 is 0 Å². The molecule has 0 atom stereocenters. The Morgan fingerprint density at radius 1 is 0.413 bits per heavy atom. The minimum absolute atomic E-state index is 0.155. The molecular formula is C43H31N3. The lowest BCUT2D eigenvalue weighted by Gasteiger charge is -2.25.